The van der Waals surface area contributed by atoms with E-state index >= 15 is 0 Å². The number of sulfonamides is 1. The van der Waals surface area contributed by atoms with Crippen LogP contribution < -0.4 is 14.4 Å². The molecule has 0 spiro atoms. The molecule has 0 saturated carbocycles. The molecular formula is C27H31ClN2O4S. The fourth-order valence-corrected chi connectivity index (χ4v) is 5.48. The molecule has 186 valence electrons. The first-order valence-electron chi connectivity index (χ1n) is 11.4. The van der Waals surface area contributed by atoms with Crippen LogP contribution in [-0.2, 0) is 14.8 Å². The molecule has 0 aliphatic heterocycles. The van der Waals surface area contributed by atoms with Crippen molar-refractivity contribution < 1.29 is 17.9 Å². The summed E-state index contributed by atoms with van der Waals surface area (Å²) in [5, 5.41) is 3.38. The normalized spacial score (nSPS) is 12.2. The highest BCUT2D eigenvalue weighted by molar-refractivity contribution is 7.92. The number of rotatable bonds is 9. The fraction of sp³-hybridized carbons (Fsp3) is 0.296. The van der Waals surface area contributed by atoms with Crippen LogP contribution in [0.3, 0.4) is 0 Å². The van der Waals surface area contributed by atoms with Gasteiger partial charge in [0.2, 0.25) is 5.91 Å². The zero-order valence-electron chi connectivity index (χ0n) is 20.6. The number of nitrogens with one attached hydrogen (secondary N) is 1. The zero-order chi connectivity index (χ0) is 25.8. The predicted molar refractivity (Wildman–Crippen MR) is 141 cm³/mol. The van der Waals surface area contributed by atoms with Crippen molar-refractivity contribution in [3.8, 4) is 5.75 Å². The smallest absolute Gasteiger partial charge is 0.264 e. The van der Waals surface area contributed by atoms with Crippen molar-refractivity contribution in [1.82, 2.24) is 5.32 Å². The maximum Gasteiger partial charge on any atom is 0.264 e. The average Bonchev–Trinajstić information content (AvgIpc) is 2.80. The molecule has 0 aliphatic rings. The largest absolute Gasteiger partial charge is 0.492 e. The maximum absolute atomic E-state index is 13.7. The lowest BCUT2D eigenvalue weighted by atomic mass is 9.96. The standard InChI is InChI=1S/C27H31ClN2O4S/c1-6-34-26-10-8-7-9-25(26)30(35(32,33)23-13-11-22(28)12-14-23)17-27(31)29-21(5)24-16-19(3)18(2)15-20(24)4/h7-16,21H,6,17H2,1-5H3,(H,29,31)/t21-/m0/s1. The van der Waals surface area contributed by atoms with Crippen LogP contribution in [0, 0.1) is 20.8 Å². The maximum atomic E-state index is 13.7. The number of benzene rings is 3. The lowest BCUT2D eigenvalue weighted by Gasteiger charge is -2.27. The highest BCUT2D eigenvalue weighted by atomic mass is 35.5. The van der Waals surface area contributed by atoms with Crippen LogP contribution in [0.25, 0.3) is 0 Å². The molecule has 3 aromatic rings. The first-order chi connectivity index (χ1) is 16.5. The van der Waals surface area contributed by atoms with E-state index in [-0.39, 0.29) is 16.6 Å². The molecule has 1 N–H and O–H groups in total. The Balaban J connectivity index is 1.96. The summed E-state index contributed by atoms with van der Waals surface area (Å²) in [7, 11) is -4.09. The van der Waals surface area contributed by atoms with E-state index < -0.39 is 22.5 Å². The molecule has 1 atom stereocenters. The lowest BCUT2D eigenvalue weighted by molar-refractivity contribution is -0.120. The van der Waals surface area contributed by atoms with Gasteiger partial charge in [-0.05, 0) is 93.3 Å². The van der Waals surface area contributed by atoms with E-state index in [1.54, 1.807) is 24.3 Å². The molecule has 3 aromatic carbocycles. The SMILES string of the molecule is CCOc1ccccc1N(CC(=O)N[C@@H](C)c1cc(C)c(C)cc1C)S(=O)(=O)c1ccc(Cl)cc1. The third-order valence-corrected chi connectivity index (χ3v) is 7.87. The van der Waals surface area contributed by atoms with Crippen LogP contribution in [-0.4, -0.2) is 27.5 Å². The van der Waals surface area contributed by atoms with E-state index in [1.165, 1.54) is 29.8 Å². The molecule has 1 amide bonds. The van der Waals surface area contributed by atoms with Crippen molar-refractivity contribution in [1.29, 1.82) is 0 Å². The number of hydrogen-bond acceptors (Lipinski definition) is 4. The molecule has 0 heterocycles. The Labute approximate surface area is 212 Å². The molecule has 35 heavy (non-hydrogen) atoms. The number of halogens is 1. The van der Waals surface area contributed by atoms with E-state index in [2.05, 4.69) is 17.4 Å². The van der Waals surface area contributed by atoms with E-state index in [0.29, 0.717) is 17.4 Å². The number of nitrogens with zero attached hydrogens (tertiary/aromatic N) is 1. The van der Waals surface area contributed by atoms with Gasteiger partial charge in [0, 0.05) is 5.02 Å². The van der Waals surface area contributed by atoms with Gasteiger partial charge in [-0.15, -0.1) is 0 Å². The summed E-state index contributed by atoms with van der Waals surface area (Å²) >= 11 is 5.97. The van der Waals surface area contributed by atoms with Gasteiger partial charge in [0.05, 0.1) is 23.2 Å². The second-order valence-corrected chi connectivity index (χ2v) is 10.7. The molecule has 0 aromatic heterocycles. The number of carbonyl (C=O) groups is 1. The quantitative estimate of drug-likeness (QED) is 0.395. The van der Waals surface area contributed by atoms with Crippen LogP contribution >= 0.6 is 11.6 Å². The summed E-state index contributed by atoms with van der Waals surface area (Å²) in [5.74, 6) is -0.0580. The van der Waals surface area contributed by atoms with Gasteiger partial charge in [-0.2, -0.15) is 0 Å². The summed E-state index contributed by atoms with van der Waals surface area (Å²) in [6.07, 6.45) is 0. The van der Waals surface area contributed by atoms with Gasteiger partial charge in [-0.1, -0.05) is 35.9 Å². The zero-order valence-corrected chi connectivity index (χ0v) is 22.2. The molecule has 0 fully saturated rings. The van der Waals surface area contributed by atoms with Gasteiger partial charge < -0.3 is 10.1 Å². The molecule has 0 radical (unpaired) electrons. The van der Waals surface area contributed by atoms with Crippen molar-refractivity contribution in [2.45, 2.75) is 45.6 Å². The third kappa shape index (κ3) is 6.16. The molecule has 0 bridgehead atoms. The van der Waals surface area contributed by atoms with Gasteiger partial charge in [0.25, 0.3) is 10.0 Å². The van der Waals surface area contributed by atoms with Crippen LogP contribution in [0.5, 0.6) is 5.75 Å². The first kappa shape index (κ1) is 26.6. The summed E-state index contributed by atoms with van der Waals surface area (Å²) in [5.41, 5.74) is 4.65. The Morgan fingerprint density at radius 1 is 1.00 bits per heavy atom. The highest BCUT2D eigenvalue weighted by Crippen LogP contribution is 2.33. The molecule has 6 nitrogen and oxygen atoms in total. The second-order valence-electron chi connectivity index (χ2n) is 8.45. The Hall–Kier alpha value is -3.03. The van der Waals surface area contributed by atoms with E-state index in [4.69, 9.17) is 16.3 Å². The van der Waals surface area contributed by atoms with Crippen LogP contribution in [0.15, 0.2) is 65.6 Å². The summed E-state index contributed by atoms with van der Waals surface area (Å²) < 4.78 is 34.1. The number of aryl methyl sites for hydroxylation is 3. The summed E-state index contributed by atoms with van der Waals surface area (Å²) in [6, 6.07) is 16.5. The lowest BCUT2D eigenvalue weighted by Crippen LogP contribution is -2.41. The minimum Gasteiger partial charge on any atom is -0.492 e. The van der Waals surface area contributed by atoms with Crippen LogP contribution in [0.4, 0.5) is 5.69 Å². The van der Waals surface area contributed by atoms with Gasteiger partial charge in [0.1, 0.15) is 12.3 Å². The van der Waals surface area contributed by atoms with Crippen molar-refractivity contribution in [2.24, 2.45) is 0 Å². The van der Waals surface area contributed by atoms with Gasteiger partial charge >= 0.3 is 0 Å². The van der Waals surface area contributed by atoms with E-state index in [9.17, 15) is 13.2 Å². The minimum absolute atomic E-state index is 0.0269. The van der Waals surface area contributed by atoms with Crippen molar-refractivity contribution in [2.75, 3.05) is 17.5 Å². The third-order valence-electron chi connectivity index (χ3n) is 5.85. The molecule has 0 aliphatic carbocycles. The second kappa shape index (κ2) is 11.1. The molecule has 0 unspecified atom stereocenters. The number of carbonyl (C=O) groups excluding carboxylic acids is 1. The van der Waals surface area contributed by atoms with Gasteiger partial charge in [-0.3, -0.25) is 9.10 Å². The number of para-hydroxylation sites is 2. The Bertz CT molecular complexity index is 1310. The Morgan fingerprint density at radius 2 is 1.63 bits per heavy atom. The van der Waals surface area contributed by atoms with E-state index in [1.807, 2.05) is 34.6 Å². The van der Waals surface area contributed by atoms with Crippen LogP contribution in [0.1, 0.15) is 42.1 Å². The topological polar surface area (TPSA) is 75.7 Å². The van der Waals surface area contributed by atoms with Gasteiger partial charge in [-0.25, -0.2) is 8.42 Å². The van der Waals surface area contributed by atoms with Gasteiger partial charge in [0.15, 0.2) is 0 Å². The van der Waals surface area contributed by atoms with Crippen molar-refractivity contribution in [3.05, 3.63) is 87.9 Å². The molecule has 3 rings (SSSR count). The fourth-order valence-electron chi connectivity index (χ4n) is 3.92. The number of hydrogen-bond donors (Lipinski definition) is 1. The van der Waals surface area contributed by atoms with E-state index in [0.717, 1.165) is 21.0 Å². The summed E-state index contributed by atoms with van der Waals surface area (Å²) in [6.45, 7) is 9.71. The number of amides is 1. The van der Waals surface area contributed by atoms with Crippen molar-refractivity contribution >= 4 is 33.2 Å². The first-order valence-corrected chi connectivity index (χ1v) is 13.2. The number of ether oxygens (including phenoxy) is 1. The molecular weight excluding hydrogens is 484 g/mol. The van der Waals surface area contributed by atoms with Crippen LogP contribution in [0.2, 0.25) is 5.02 Å². The number of anilines is 1. The molecule has 8 heteroatoms. The molecule has 0 saturated heterocycles. The Morgan fingerprint density at radius 3 is 2.29 bits per heavy atom. The Kier molecular flexibility index (Phi) is 8.46. The predicted octanol–water partition coefficient (Wildman–Crippen LogP) is 5.74. The monoisotopic (exact) mass is 514 g/mol. The minimum atomic E-state index is -4.09. The summed E-state index contributed by atoms with van der Waals surface area (Å²) in [4.78, 5) is 13.2. The van der Waals surface area contributed by atoms with Crippen molar-refractivity contribution in [3.63, 3.8) is 0 Å². The highest BCUT2D eigenvalue weighted by Gasteiger charge is 2.30. The average molecular weight is 515 g/mol.